The maximum atomic E-state index is 10.3. The number of rotatable bonds is 3. The van der Waals surface area contributed by atoms with Crippen LogP contribution in [0.5, 0.6) is 0 Å². The van der Waals surface area contributed by atoms with Crippen molar-refractivity contribution in [3.63, 3.8) is 0 Å². The van der Waals surface area contributed by atoms with E-state index in [1.165, 1.54) is 0 Å². The summed E-state index contributed by atoms with van der Waals surface area (Å²) >= 11 is 0. The molecule has 5 N–H and O–H groups in total. The Labute approximate surface area is 126 Å². The van der Waals surface area contributed by atoms with Crippen LogP contribution in [0.15, 0.2) is 0 Å². The Balaban J connectivity index is 0.00000196. The Bertz CT molecular complexity index is 243. The van der Waals surface area contributed by atoms with Gasteiger partial charge in [0.05, 0.1) is 6.61 Å². The largest absolute Gasteiger partial charge is 2.00 e. The van der Waals surface area contributed by atoms with Crippen molar-refractivity contribution in [2.24, 2.45) is 0 Å². The molecule has 10 heteroatoms. The fraction of sp³-hybridized carbons (Fsp3) is 1.00. The number of phosphoric ester groups is 1. The second kappa shape index (κ2) is 6.45. The van der Waals surface area contributed by atoms with E-state index in [0.29, 0.717) is 0 Å². The van der Waals surface area contributed by atoms with Crippen molar-refractivity contribution < 1.29 is 38.9 Å². The van der Waals surface area contributed by atoms with Crippen LogP contribution in [-0.2, 0) is 13.8 Å². The Morgan fingerprint density at radius 3 is 2.07 bits per heavy atom. The molecule has 0 aromatic rings. The van der Waals surface area contributed by atoms with Gasteiger partial charge < -0.3 is 29.8 Å². The molecule has 0 spiro atoms. The van der Waals surface area contributed by atoms with Crippen LogP contribution < -0.4 is 0 Å². The molecular weight excluding hydrogens is 356 g/mol. The Morgan fingerprint density at radius 2 is 1.73 bits per heavy atom. The van der Waals surface area contributed by atoms with Crippen molar-refractivity contribution in [1.82, 2.24) is 0 Å². The first kappa shape index (κ1) is 16.5. The summed E-state index contributed by atoms with van der Waals surface area (Å²) < 4.78 is 18.9. The van der Waals surface area contributed by atoms with Crippen LogP contribution in [0.25, 0.3) is 0 Å². The number of aliphatic hydroxyl groups is 3. The number of hydrogen-bond donors (Lipinski definition) is 5. The summed E-state index contributed by atoms with van der Waals surface area (Å²) in [6.07, 6.45) is -5.67. The molecule has 84 valence electrons. The van der Waals surface area contributed by atoms with Gasteiger partial charge in [0.25, 0.3) is 0 Å². The van der Waals surface area contributed by atoms with Gasteiger partial charge >= 0.3 is 56.7 Å². The topological polar surface area (TPSA) is 137 Å². The average Bonchev–Trinajstić information content (AvgIpc) is 2.28. The van der Waals surface area contributed by atoms with Gasteiger partial charge in [-0.15, -0.1) is 0 Å². The van der Waals surface area contributed by atoms with E-state index in [4.69, 9.17) is 25.1 Å². The SMILES string of the molecule is O=P(O)(O)OC[C@H]1O[C@H](O)[C@H](O)[C@@H]1O.[Ba+2]. The van der Waals surface area contributed by atoms with Gasteiger partial charge in [-0.3, -0.25) is 4.52 Å². The molecule has 0 bridgehead atoms. The zero-order valence-corrected chi connectivity index (χ0v) is 13.0. The molecule has 15 heavy (non-hydrogen) atoms. The minimum Gasteiger partial charge on any atom is -0.387 e. The van der Waals surface area contributed by atoms with E-state index in [1.54, 1.807) is 0 Å². The van der Waals surface area contributed by atoms with Crippen LogP contribution in [0.2, 0.25) is 0 Å². The standard InChI is InChI=1S/C5H11O8P.Ba/c6-3-2(1-12-14(9,10)11)13-5(8)4(3)7;/h2-8H,1H2,(H2,9,10,11);/q;+2/t2-,3-,4-,5+;/m1./s1. The molecule has 4 atom stereocenters. The zero-order chi connectivity index (χ0) is 10.9. The predicted octanol–water partition coefficient (Wildman–Crippen LogP) is -2.85. The zero-order valence-electron chi connectivity index (χ0n) is 7.63. The third-order valence-electron chi connectivity index (χ3n) is 1.74. The first-order valence-corrected chi connectivity index (χ1v) is 5.24. The normalized spacial score (nSPS) is 36.3. The molecule has 1 saturated heterocycles. The van der Waals surface area contributed by atoms with Gasteiger partial charge in [-0.2, -0.15) is 0 Å². The predicted molar refractivity (Wildman–Crippen MR) is 46.6 cm³/mol. The van der Waals surface area contributed by atoms with E-state index in [1.807, 2.05) is 0 Å². The smallest absolute Gasteiger partial charge is 0.387 e. The van der Waals surface area contributed by atoms with Gasteiger partial charge in [0.2, 0.25) is 0 Å². The molecule has 0 aromatic carbocycles. The molecule has 0 aromatic heterocycles. The average molecular weight is 367 g/mol. The maximum Gasteiger partial charge on any atom is 2.00 e. The molecular formula is C5H11BaO8P+2. The Hall–Kier alpha value is 1.52. The molecule has 8 nitrogen and oxygen atoms in total. The molecule has 0 amide bonds. The quantitative estimate of drug-likeness (QED) is 0.266. The number of ether oxygens (including phenoxy) is 1. The fourth-order valence-electron chi connectivity index (χ4n) is 1.04. The third-order valence-corrected chi connectivity index (χ3v) is 2.23. The summed E-state index contributed by atoms with van der Waals surface area (Å²) in [7, 11) is -4.64. The molecule has 1 heterocycles. The summed E-state index contributed by atoms with van der Waals surface area (Å²) in [6, 6.07) is 0. The van der Waals surface area contributed by atoms with E-state index in [9.17, 15) is 4.57 Å². The van der Waals surface area contributed by atoms with Gasteiger partial charge in [0, 0.05) is 0 Å². The van der Waals surface area contributed by atoms with Crippen molar-refractivity contribution in [2.75, 3.05) is 6.61 Å². The van der Waals surface area contributed by atoms with E-state index in [0.717, 1.165) is 0 Å². The van der Waals surface area contributed by atoms with Crippen LogP contribution >= 0.6 is 7.82 Å². The minimum atomic E-state index is -4.64. The van der Waals surface area contributed by atoms with Crippen molar-refractivity contribution in [2.45, 2.75) is 24.6 Å². The van der Waals surface area contributed by atoms with Gasteiger partial charge in [-0.05, 0) is 0 Å². The molecule has 0 saturated carbocycles. The van der Waals surface area contributed by atoms with Crippen LogP contribution in [0, 0.1) is 0 Å². The molecule has 1 rings (SSSR count). The number of hydrogen-bond acceptors (Lipinski definition) is 6. The second-order valence-electron chi connectivity index (χ2n) is 2.83. The second-order valence-corrected chi connectivity index (χ2v) is 4.07. The van der Waals surface area contributed by atoms with Crippen molar-refractivity contribution in [1.29, 1.82) is 0 Å². The van der Waals surface area contributed by atoms with E-state index in [2.05, 4.69) is 9.26 Å². The van der Waals surface area contributed by atoms with Crippen molar-refractivity contribution >= 4 is 56.7 Å². The van der Waals surface area contributed by atoms with E-state index in [-0.39, 0.29) is 48.9 Å². The van der Waals surface area contributed by atoms with Crippen molar-refractivity contribution in [3.05, 3.63) is 0 Å². The molecule has 1 fully saturated rings. The Morgan fingerprint density at radius 1 is 1.20 bits per heavy atom. The van der Waals surface area contributed by atoms with E-state index < -0.39 is 39.0 Å². The van der Waals surface area contributed by atoms with Crippen LogP contribution in [0.3, 0.4) is 0 Å². The molecule has 0 aliphatic carbocycles. The monoisotopic (exact) mass is 368 g/mol. The Kier molecular flexibility index (Phi) is 7.11. The maximum absolute atomic E-state index is 10.3. The van der Waals surface area contributed by atoms with Crippen molar-refractivity contribution in [3.8, 4) is 0 Å². The van der Waals surface area contributed by atoms with Gasteiger partial charge in [0.15, 0.2) is 6.29 Å². The number of aliphatic hydroxyl groups excluding tert-OH is 3. The van der Waals surface area contributed by atoms with Gasteiger partial charge in [-0.25, -0.2) is 4.57 Å². The summed E-state index contributed by atoms with van der Waals surface area (Å²) in [5, 5.41) is 27.0. The summed E-state index contributed by atoms with van der Waals surface area (Å²) in [4.78, 5) is 16.6. The fourth-order valence-corrected chi connectivity index (χ4v) is 1.38. The molecule has 1 aliphatic heterocycles. The third kappa shape index (κ3) is 5.13. The van der Waals surface area contributed by atoms with E-state index >= 15 is 0 Å². The van der Waals surface area contributed by atoms with Crippen LogP contribution in [0.1, 0.15) is 0 Å². The first-order chi connectivity index (χ1) is 6.31. The number of phosphoric acid groups is 1. The minimum absolute atomic E-state index is 0. The summed E-state index contributed by atoms with van der Waals surface area (Å²) in [6.45, 7) is -0.612. The molecule has 1 aliphatic rings. The van der Waals surface area contributed by atoms with Crippen LogP contribution in [0.4, 0.5) is 0 Å². The van der Waals surface area contributed by atoms with Crippen LogP contribution in [-0.4, -0.2) is 105 Å². The summed E-state index contributed by atoms with van der Waals surface area (Å²) in [5.41, 5.74) is 0. The summed E-state index contributed by atoms with van der Waals surface area (Å²) in [5.74, 6) is 0. The van der Waals surface area contributed by atoms with Gasteiger partial charge in [0.1, 0.15) is 18.3 Å². The first-order valence-electron chi connectivity index (χ1n) is 3.71. The van der Waals surface area contributed by atoms with Gasteiger partial charge in [-0.1, -0.05) is 0 Å². The molecule has 0 radical (unpaired) electrons. The molecule has 0 unspecified atom stereocenters.